The molecule has 7 heteroatoms. The Bertz CT molecular complexity index is 810. The van der Waals surface area contributed by atoms with Gasteiger partial charge >= 0.3 is 0 Å². The predicted octanol–water partition coefficient (Wildman–Crippen LogP) is 2.88. The number of benzene rings is 2. The fourth-order valence-corrected chi connectivity index (χ4v) is 3.16. The Kier molecular flexibility index (Phi) is 6.03. The molecule has 1 saturated heterocycles. The Morgan fingerprint density at radius 1 is 1.15 bits per heavy atom. The van der Waals surface area contributed by atoms with Crippen molar-refractivity contribution < 1.29 is 18.7 Å². The van der Waals surface area contributed by atoms with Crippen molar-refractivity contribution in [2.75, 3.05) is 30.8 Å². The first-order valence-electron chi connectivity index (χ1n) is 8.79. The number of rotatable bonds is 6. The number of methoxy groups -OCH3 is 1. The van der Waals surface area contributed by atoms with Gasteiger partial charge in [-0.05, 0) is 61.9 Å². The molecule has 0 saturated carbocycles. The highest BCUT2D eigenvalue weighted by Crippen LogP contribution is 2.21. The van der Waals surface area contributed by atoms with Crippen LogP contribution in [0.3, 0.4) is 0 Å². The number of carbonyl (C=O) groups is 2. The van der Waals surface area contributed by atoms with Crippen LogP contribution in [0.2, 0.25) is 0 Å². The van der Waals surface area contributed by atoms with Gasteiger partial charge in [-0.15, -0.1) is 0 Å². The van der Waals surface area contributed by atoms with E-state index in [1.54, 1.807) is 37.4 Å². The minimum Gasteiger partial charge on any atom is -0.497 e. The van der Waals surface area contributed by atoms with E-state index in [1.807, 2.05) is 4.90 Å². The Morgan fingerprint density at radius 3 is 2.63 bits per heavy atom. The molecule has 1 heterocycles. The maximum atomic E-state index is 13.2. The van der Waals surface area contributed by atoms with E-state index in [0.29, 0.717) is 30.1 Å². The SMILES string of the molecule is COc1ccc(NC(=O)C2CCCN2CC(=O)Nc2cccc(F)c2)cc1. The van der Waals surface area contributed by atoms with E-state index in [0.717, 1.165) is 6.42 Å². The van der Waals surface area contributed by atoms with Gasteiger partial charge < -0.3 is 15.4 Å². The first kappa shape index (κ1) is 18.8. The van der Waals surface area contributed by atoms with Crippen molar-refractivity contribution in [3.63, 3.8) is 0 Å². The van der Waals surface area contributed by atoms with Gasteiger partial charge in [-0.2, -0.15) is 0 Å². The Balaban J connectivity index is 1.57. The zero-order valence-electron chi connectivity index (χ0n) is 15.1. The van der Waals surface area contributed by atoms with Crippen molar-refractivity contribution >= 4 is 23.2 Å². The summed E-state index contributed by atoms with van der Waals surface area (Å²) in [5.41, 5.74) is 1.08. The average molecular weight is 371 g/mol. The van der Waals surface area contributed by atoms with Crippen LogP contribution >= 0.6 is 0 Å². The summed E-state index contributed by atoms with van der Waals surface area (Å²) in [5.74, 6) is -0.115. The molecule has 1 aliphatic rings. The minimum absolute atomic E-state index is 0.0806. The van der Waals surface area contributed by atoms with Crippen molar-refractivity contribution in [3.05, 3.63) is 54.3 Å². The van der Waals surface area contributed by atoms with Crippen molar-refractivity contribution in [3.8, 4) is 5.75 Å². The summed E-state index contributed by atoms with van der Waals surface area (Å²) in [6.45, 7) is 0.745. The molecule has 0 bridgehead atoms. The molecule has 1 unspecified atom stereocenters. The number of anilines is 2. The van der Waals surface area contributed by atoms with Gasteiger partial charge in [0.05, 0.1) is 19.7 Å². The number of hydrogen-bond acceptors (Lipinski definition) is 4. The van der Waals surface area contributed by atoms with Gasteiger partial charge in [0.25, 0.3) is 0 Å². The highest BCUT2D eigenvalue weighted by Gasteiger charge is 2.31. The summed E-state index contributed by atoms with van der Waals surface area (Å²) < 4.78 is 18.3. The highest BCUT2D eigenvalue weighted by atomic mass is 19.1. The molecule has 1 atom stereocenters. The molecular weight excluding hydrogens is 349 g/mol. The van der Waals surface area contributed by atoms with Crippen LogP contribution in [0.1, 0.15) is 12.8 Å². The lowest BCUT2D eigenvalue weighted by Crippen LogP contribution is -2.43. The summed E-state index contributed by atoms with van der Waals surface area (Å²) in [7, 11) is 1.58. The van der Waals surface area contributed by atoms with E-state index < -0.39 is 5.82 Å². The van der Waals surface area contributed by atoms with E-state index in [1.165, 1.54) is 18.2 Å². The molecule has 0 spiro atoms. The monoisotopic (exact) mass is 371 g/mol. The number of amides is 2. The smallest absolute Gasteiger partial charge is 0.241 e. The van der Waals surface area contributed by atoms with Gasteiger partial charge in [-0.3, -0.25) is 14.5 Å². The van der Waals surface area contributed by atoms with Gasteiger partial charge in [0.15, 0.2) is 0 Å². The van der Waals surface area contributed by atoms with Gasteiger partial charge in [0.2, 0.25) is 11.8 Å². The number of halogens is 1. The molecule has 2 aromatic carbocycles. The molecule has 0 radical (unpaired) electrons. The molecule has 2 aromatic rings. The largest absolute Gasteiger partial charge is 0.497 e. The second-order valence-electron chi connectivity index (χ2n) is 6.40. The fraction of sp³-hybridized carbons (Fsp3) is 0.300. The standard InChI is InChI=1S/C20H22FN3O3/c1-27-17-9-7-15(8-10-17)23-20(26)18-6-3-11-24(18)13-19(25)22-16-5-2-4-14(21)12-16/h2,4-5,7-10,12,18H,3,6,11,13H2,1H3,(H,22,25)(H,23,26). The summed E-state index contributed by atoms with van der Waals surface area (Å²) >= 11 is 0. The van der Waals surface area contributed by atoms with Crippen molar-refractivity contribution in [2.45, 2.75) is 18.9 Å². The normalized spacial score (nSPS) is 16.7. The lowest BCUT2D eigenvalue weighted by atomic mass is 10.2. The van der Waals surface area contributed by atoms with Crippen molar-refractivity contribution in [1.82, 2.24) is 4.90 Å². The van der Waals surface area contributed by atoms with Crippen molar-refractivity contribution in [2.24, 2.45) is 0 Å². The van der Waals surface area contributed by atoms with Crippen LogP contribution in [0.15, 0.2) is 48.5 Å². The van der Waals surface area contributed by atoms with Crippen LogP contribution < -0.4 is 15.4 Å². The quantitative estimate of drug-likeness (QED) is 0.819. The zero-order chi connectivity index (χ0) is 19.2. The molecule has 0 aliphatic carbocycles. The second kappa shape index (κ2) is 8.64. The Labute approximate surface area is 157 Å². The lowest BCUT2D eigenvalue weighted by molar-refractivity contribution is -0.122. The van der Waals surface area contributed by atoms with Crippen LogP contribution in [-0.2, 0) is 9.59 Å². The predicted molar refractivity (Wildman–Crippen MR) is 101 cm³/mol. The Morgan fingerprint density at radius 2 is 1.93 bits per heavy atom. The zero-order valence-corrected chi connectivity index (χ0v) is 15.1. The second-order valence-corrected chi connectivity index (χ2v) is 6.40. The Hall–Kier alpha value is -2.93. The maximum absolute atomic E-state index is 13.2. The van der Waals surface area contributed by atoms with Crippen LogP contribution in [-0.4, -0.2) is 43.0 Å². The van der Waals surface area contributed by atoms with E-state index in [9.17, 15) is 14.0 Å². The molecule has 142 valence electrons. The number of nitrogens with zero attached hydrogens (tertiary/aromatic N) is 1. The molecular formula is C20H22FN3O3. The van der Waals surface area contributed by atoms with Gasteiger partial charge in [-0.25, -0.2) is 4.39 Å². The van der Waals surface area contributed by atoms with Crippen LogP contribution in [0.25, 0.3) is 0 Å². The van der Waals surface area contributed by atoms with E-state index in [4.69, 9.17) is 4.74 Å². The summed E-state index contributed by atoms with van der Waals surface area (Å²) in [4.78, 5) is 26.7. The van der Waals surface area contributed by atoms with Crippen LogP contribution in [0.4, 0.5) is 15.8 Å². The summed E-state index contributed by atoms with van der Waals surface area (Å²) in [6.07, 6.45) is 1.53. The molecule has 2 N–H and O–H groups in total. The lowest BCUT2D eigenvalue weighted by Gasteiger charge is -2.23. The minimum atomic E-state index is -0.411. The van der Waals surface area contributed by atoms with E-state index >= 15 is 0 Å². The number of hydrogen-bond donors (Lipinski definition) is 2. The number of carbonyl (C=O) groups excluding carboxylic acids is 2. The molecule has 3 rings (SSSR count). The average Bonchev–Trinajstić information content (AvgIpc) is 3.10. The van der Waals surface area contributed by atoms with Gasteiger partial charge in [-0.1, -0.05) is 6.07 Å². The third-order valence-corrected chi connectivity index (χ3v) is 4.48. The number of likely N-dealkylation sites (tertiary alicyclic amines) is 1. The molecule has 1 fully saturated rings. The third kappa shape index (κ3) is 5.04. The van der Waals surface area contributed by atoms with E-state index in [2.05, 4.69) is 10.6 Å². The molecule has 2 amide bonds. The van der Waals surface area contributed by atoms with Crippen molar-refractivity contribution in [1.29, 1.82) is 0 Å². The maximum Gasteiger partial charge on any atom is 0.241 e. The number of ether oxygens (including phenoxy) is 1. The van der Waals surface area contributed by atoms with E-state index in [-0.39, 0.29) is 24.4 Å². The summed E-state index contributed by atoms with van der Waals surface area (Å²) in [5, 5.41) is 5.54. The highest BCUT2D eigenvalue weighted by molar-refractivity contribution is 5.96. The molecule has 27 heavy (non-hydrogen) atoms. The molecule has 1 aliphatic heterocycles. The van der Waals surface area contributed by atoms with Crippen LogP contribution in [0.5, 0.6) is 5.75 Å². The van der Waals surface area contributed by atoms with Crippen LogP contribution in [0, 0.1) is 5.82 Å². The van der Waals surface area contributed by atoms with Gasteiger partial charge in [0, 0.05) is 11.4 Å². The third-order valence-electron chi connectivity index (χ3n) is 4.48. The first-order chi connectivity index (χ1) is 13.0. The number of nitrogens with one attached hydrogen (secondary N) is 2. The molecule has 6 nitrogen and oxygen atoms in total. The fourth-order valence-electron chi connectivity index (χ4n) is 3.16. The molecule has 0 aromatic heterocycles. The topological polar surface area (TPSA) is 70.7 Å². The summed E-state index contributed by atoms with van der Waals surface area (Å²) in [6, 6.07) is 12.4. The first-order valence-corrected chi connectivity index (χ1v) is 8.79. The van der Waals surface area contributed by atoms with Gasteiger partial charge in [0.1, 0.15) is 11.6 Å².